The third-order valence-corrected chi connectivity index (χ3v) is 4.14. The first-order valence-electron chi connectivity index (χ1n) is 6.64. The molecule has 0 fully saturated rings. The highest BCUT2D eigenvalue weighted by Gasteiger charge is 2.16. The van der Waals surface area contributed by atoms with Crippen molar-refractivity contribution in [3.8, 4) is 0 Å². The maximum Gasteiger partial charge on any atom is 0.251 e. The average molecular weight is 371 g/mol. The van der Waals surface area contributed by atoms with Crippen molar-refractivity contribution in [2.75, 3.05) is 0 Å². The molecule has 0 radical (unpaired) electrons. The van der Waals surface area contributed by atoms with Gasteiger partial charge in [0.25, 0.3) is 5.91 Å². The van der Waals surface area contributed by atoms with E-state index in [1.54, 1.807) is 31.2 Å². The molecule has 7 heteroatoms. The van der Waals surface area contributed by atoms with Gasteiger partial charge >= 0.3 is 0 Å². The summed E-state index contributed by atoms with van der Waals surface area (Å²) < 4.78 is 13.6. The maximum absolute atomic E-state index is 13.6. The number of nitrogens with two attached hydrogens (primary N) is 1. The lowest BCUT2D eigenvalue weighted by molar-refractivity contribution is 0.0940. The van der Waals surface area contributed by atoms with Crippen molar-refractivity contribution >= 4 is 46.3 Å². The van der Waals surface area contributed by atoms with Gasteiger partial charge in [-0.25, -0.2) is 4.39 Å². The van der Waals surface area contributed by atoms with E-state index in [1.165, 1.54) is 12.1 Å². The van der Waals surface area contributed by atoms with Crippen molar-refractivity contribution in [2.24, 2.45) is 5.73 Å². The van der Waals surface area contributed by atoms with E-state index in [2.05, 4.69) is 5.32 Å². The molecule has 3 nitrogen and oxygen atoms in total. The van der Waals surface area contributed by atoms with Gasteiger partial charge in [0.1, 0.15) is 10.8 Å². The fourth-order valence-corrected chi connectivity index (χ4v) is 2.70. The summed E-state index contributed by atoms with van der Waals surface area (Å²) in [5.74, 6) is -0.911. The van der Waals surface area contributed by atoms with E-state index in [9.17, 15) is 9.18 Å². The molecule has 2 aromatic carbocycles. The van der Waals surface area contributed by atoms with Gasteiger partial charge in [-0.2, -0.15) is 0 Å². The van der Waals surface area contributed by atoms with Gasteiger partial charge in [-0.1, -0.05) is 47.6 Å². The molecule has 0 aromatic heterocycles. The van der Waals surface area contributed by atoms with Crippen LogP contribution in [0.1, 0.15) is 34.5 Å². The third-order valence-electron chi connectivity index (χ3n) is 3.29. The molecular weight excluding hydrogens is 358 g/mol. The molecule has 23 heavy (non-hydrogen) atoms. The Morgan fingerprint density at radius 2 is 1.74 bits per heavy atom. The van der Waals surface area contributed by atoms with Crippen LogP contribution in [0.15, 0.2) is 36.4 Å². The normalized spacial score (nSPS) is 11.8. The molecule has 0 saturated carbocycles. The first-order chi connectivity index (χ1) is 10.8. The Kier molecular flexibility index (Phi) is 5.57. The fraction of sp³-hybridized carbons (Fsp3) is 0.125. The molecule has 1 unspecified atom stereocenters. The van der Waals surface area contributed by atoms with Gasteiger partial charge in [0.15, 0.2) is 0 Å². The monoisotopic (exact) mass is 370 g/mol. The summed E-state index contributed by atoms with van der Waals surface area (Å²) in [4.78, 5) is 12.5. The number of carbonyl (C=O) groups excluding carboxylic acids is 1. The SMILES string of the molecule is CC(NC(=O)c1ccc(C(N)=S)cc1)c1cc(F)c(Cl)cc1Cl. The van der Waals surface area contributed by atoms with Crippen molar-refractivity contribution < 1.29 is 9.18 Å². The number of carbonyl (C=O) groups is 1. The largest absolute Gasteiger partial charge is 0.389 e. The summed E-state index contributed by atoms with van der Waals surface area (Å²) in [6.07, 6.45) is 0. The maximum atomic E-state index is 13.6. The van der Waals surface area contributed by atoms with E-state index in [0.29, 0.717) is 16.7 Å². The van der Waals surface area contributed by atoms with Gasteiger partial charge in [-0.3, -0.25) is 4.79 Å². The minimum Gasteiger partial charge on any atom is -0.389 e. The zero-order valence-corrected chi connectivity index (χ0v) is 14.4. The Labute approximate surface area is 148 Å². The molecule has 0 saturated heterocycles. The van der Waals surface area contributed by atoms with E-state index in [0.717, 1.165) is 0 Å². The third kappa shape index (κ3) is 4.19. The molecule has 1 atom stereocenters. The number of halogens is 3. The molecule has 120 valence electrons. The van der Waals surface area contributed by atoms with Crippen LogP contribution < -0.4 is 11.1 Å². The minimum atomic E-state index is -0.590. The van der Waals surface area contributed by atoms with Gasteiger partial charge in [-0.15, -0.1) is 0 Å². The highest BCUT2D eigenvalue weighted by atomic mass is 35.5. The van der Waals surface area contributed by atoms with Crippen molar-refractivity contribution in [1.29, 1.82) is 0 Å². The van der Waals surface area contributed by atoms with Crippen molar-refractivity contribution in [2.45, 2.75) is 13.0 Å². The van der Waals surface area contributed by atoms with Crippen LogP contribution in [0.3, 0.4) is 0 Å². The van der Waals surface area contributed by atoms with E-state index in [1.807, 2.05) is 0 Å². The highest BCUT2D eigenvalue weighted by molar-refractivity contribution is 7.80. The van der Waals surface area contributed by atoms with Crippen LogP contribution in [0.5, 0.6) is 0 Å². The summed E-state index contributed by atoms with van der Waals surface area (Å²) in [7, 11) is 0. The molecule has 0 aliphatic rings. The number of rotatable bonds is 4. The standard InChI is InChI=1S/C16H13Cl2FN2OS/c1-8(11-6-14(19)13(18)7-12(11)17)21-16(22)10-4-2-9(3-5-10)15(20)23/h2-8H,1H3,(H2,20,23)(H,21,22). The molecule has 0 aliphatic heterocycles. The summed E-state index contributed by atoms with van der Waals surface area (Å²) in [6, 6.07) is 8.59. The first kappa shape index (κ1) is 17.7. The number of thiocarbonyl (C=S) groups is 1. The quantitative estimate of drug-likeness (QED) is 0.624. The first-order valence-corrected chi connectivity index (χ1v) is 7.81. The highest BCUT2D eigenvalue weighted by Crippen LogP contribution is 2.28. The lowest BCUT2D eigenvalue weighted by atomic mass is 10.1. The average Bonchev–Trinajstić information content (AvgIpc) is 2.50. The Hall–Kier alpha value is -1.69. The van der Waals surface area contributed by atoms with Crippen LogP contribution in [-0.2, 0) is 0 Å². The number of nitrogens with one attached hydrogen (secondary N) is 1. The van der Waals surface area contributed by atoms with E-state index < -0.39 is 11.9 Å². The topological polar surface area (TPSA) is 55.1 Å². The number of benzene rings is 2. The number of amides is 1. The Bertz CT molecular complexity index is 765. The van der Waals surface area contributed by atoms with Crippen LogP contribution in [-0.4, -0.2) is 10.9 Å². The molecule has 0 aliphatic carbocycles. The van der Waals surface area contributed by atoms with E-state index in [4.69, 9.17) is 41.2 Å². The molecule has 3 N–H and O–H groups in total. The Morgan fingerprint density at radius 3 is 2.30 bits per heavy atom. The molecule has 1 amide bonds. The van der Waals surface area contributed by atoms with Gasteiger partial charge in [0, 0.05) is 16.1 Å². The summed E-state index contributed by atoms with van der Waals surface area (Å²) in [5.41, 5.74) is 7.06. The van der Waals surface area contributed by atoms with Gasteiger partial charge in [0.2, 0.25) is 0 Å². The van der Waals surface area contributed by atoms with Crippen LogP contribution in [0.4, 0.5) is 4.39 Å². The number of hydrogen-bond donors (Lipinski definition) is 2. The summed E-state index contributed by atoms with van der Waals surface area (Å²) in [5, 5.41) is 2.97. The second-order valence-corrected chi connectivity index (χ2v) is 6.18. The van der Waals surface area contributed by atoms with Gasteiger partial charge in [-0.05, 0) is 36.8 Å². The van der Waals surface area contributed by atoms with Crippen molar-refractivity contribution in [1.82, 2.24) is 5.32 Å². The van der Waals surface area contributed by atoms with Gasteiger partial charge in [0.05, 0.1) is 11.1 Å². The Balaban J connectivity index is 2.16. The molecule has 0 bridgehead atoms. The predicted molar refractivity (Wildman–Crippen MR) is 94.6 cm³/mol. The second-order valence-electron chi connectivity index (χ2n) is 4.92. The number of hydrogen-bond acceptors (Lipinski definition) is 2. The molecular formula is C16H13Cl2FN2OS. The predicted octanol–water partition coefficient (Wildman–Crippen LogP) is 4.26. The molecule has 0 heterocycles. The van der Waals surface area contributed by atoms with Crippen LogP contribution >= 0.6 is 35.4 Å². The summed E-state index contributed by atoms with van der Waals surface area (Å²) in [6.45, 7) is 1.70. The zero-order chi connectivity index (χ0) is 17.1. The van der Waals surface area contributed by atoms with Gasteiger partial charge < -0.3 is 11.1 Å². The lowest BCUT2D eigenvalue weighted by Crippen LogP contribution is -2.27. The summed E-state index contributed by atoms with van der Waals surface area (Å²) >= 11 is 16.6. The van der Waals surface area contributed by atoms with Crippen molar-refractivity contribution in [3.05, 3.63) is 69.0 Å². The van der Waals surface area contributed by atoms with Crippen LogP contribution in [0.2, 0.25) is 10.0 Å². The minimum absolute atomic E-state index is 0.0642. The molecule has 0 spiro atoms. The smallest absolute Gasteiger partial charge is 0.251 e. The van der Waals surface area contributed by atoms with Crippen LogP contribution in [0, 0.1) is 5.82 Å². The fourth-order valence-electron chi connectivity index (χ4n) is 2.01. The zero-order valence-electron chi connectivity index (χ0n) is 12.1. The second kappa shape index (κ2) is 7.25. The van der Waals surface area contributed by atoms with Crippen molar-refractivity contribution in [3.63, 3.8) is 0 Å². The Morgan fingerprint density at radius 1 is 1.17 bits per heavy atom. The van der Waals surface area contributed by atoms with E-state index in [-0.39, 0.29) is 20.9 Å². The lowest BCUT2D eigenvalue weighted by Gasteiger charge is -2.16. The van der Waals surface area contributed by atoms with E-state index >= 15 is 0 Å². The molecule has 2 rings (SSSR count). The van der Waals surface area contributed by atoms with Crippen LogP contribution in [0.25, 0.3) is 0 Å². The molecule has 2 aromatic rings.